The first-order chi connectivity index (χ1) is 10.0. The molecule has 0 radical (unpaired) electrons. The Labute approximate surface area is 126 Å². The molecule has 0 fully saturated rings. The maximum atomic E-state index is 5.97. The van der Waals surface area contributed by atoms with Gasteiger partial charge in [-0.3, -0.25) is 0 Å². The van der Waals surface area contributed by atoms with E-state index in [2.05, 4.69) is 29.9 Å². The van der Waals surface area contributed by atoms with Crippen molar-refractivity contribution in [2.75, 3.05) is 5.73 Å². The van der Waals surface area contributed by atoms with Crippen molar-refractivity contribution in [2.45, 2.75) is 46.0 Å². The van der Waals surface area contributed by atoms with Crippen LogP contribution in [0.15, 0.2) is 30.3 Å². The first-order valence-corrected chi connectivity index (χ1v) is 7.42. The molecule has 0 aliphatic rings. The Bertz CT molecular complexity index is 611. The maximum absolute atomic E-state index is 5.97. The van der Waals surface area contributed by atoms with Crippen molar-refractivity contribution in [3.8, 4) is 11.6 Å². The Hall–Kier alpha value is -2.10. The Morgan fingerprint density at radius 2 is 1.86 bits per heavy atom. The van der Waals surface area contributed by atoms with Crippen molar-refractivity contribution >= 4 is 5.82 Å². The van der Waals surface area contributed by atoms with Crippen molar-refractivity contribution in [3.63, 3.8) is 0 Å². The van der Waals surface area contributed by atoms with Gasteiger partial charge >= 0.3 is 0 Å². The number of hydrogen-bond acceptors (Lipinski definition) is 4. The third-order valence-electron chi connectivity index (χ3n) is 3.53. The molecule has 112 valence electrons. The highest BCUT2D eigenvalue weighted by Crippen LogP contribution is 2.32. The minimum Gasteiger partial charge on any atom is -0.439 e. The van der Waals surface area contributed by atoms with Crippen LogP contribution in [0.2, 0.25) is 0 Å². The molecular formula is C17H23N3O. The summed E-state index contributed by atoms with van der Waals surface area (Å²) in [4.78, 5) is 8.68. The van der Waals surface area contributed by atoms with Crippen molar-refractivity contribution in [1.29, 1.82) is 0 Å². The summed E-state index contributed by atoms with van der Waals surface area (Å²) in [5.41, 5.74) is 7.03. The largest absolute Gasteiger partial charge is 0.439 e. The van der Waals surface area contributed by atoms with Gasteiger partial charge in [0.25, 0.3) is 0 Å². The van der Waals surface area contributed by atoms with Gasteiger partial charge in [-0.25, -0.2) is 4.98 Å². The molecule has 0 amide bonds. The minimum atomic E-state index is 0.209. The molecule has 0 saturated heterocycles. The number of aromatic nitrogens is 2. The number of anilines is 1. The summed E-state index contributed by atoms with van der Waals surface area (Å²) in [6.45, 7) is 8.42. The molecule has 1 atom stereocenters. The zero-order valence-corrected chi connectivity index (χ0v) is 13.1. The zero-order valence-electron chi connectivity index (χ0n) is 13.1. The van der Waals surface area contributed by atoms with Crippen LogP contribution in [0.5, 0.6) is 11.6 Å². The number of nitrogen functional groups attached to an aromatic ring is 1. The molecule has 0 spiro atoms. The van der Waals surface area contributed by atoms with Crippen molar-refractivity contribution in [3.05, 3.63) is 41.7 Å². The Morgan fingerprint density at radius 1 is 1.14 bits per heavy atom. The van der Waals surface area contributed by atoms with E-state index in [4.69, 9.17) is 10.5 Å². The molecule has 2 rings (SSSR count). The van der Waals surface area contributed by atoms with E-state index in [1.165, 1.54) is 5.56 Å². The summed E-state index contributed by atoms with van der Waals surface area (Å²) in [7, 11) is 0. The Balaban J connectivity index is 2.34. The number of benzene rings is 1. The lowest BCUT2D eigenvalue weighted by Gasteiger charge is -2.15. The molecular weight excluding hydrogens is 262 g/mol. The highest BCUT2D eigenvalue weighted by atomic mass is 16.5. The molecule has 4 nitrogen and oxygen atoms in total. The molecule has 2 aromatic rings. The average molecular weight is 285 g/mol. The van der Waals surface area contributed by atoms with E-state index in [0.717, 1.165) is 12.2 Å². The Kier molecular flexibility index (Phi) is 4.78. The smallest absolute Gasteiger partial charge is 0.224 e. The summed E-state index contributed by atoms with van der Waals surface area (Å²) in [6.07, 6.45) is 1.06. The highest BCUT2D eigenvalue weighted by Gasteiger charge is 2.13. The van der Waals surface area contributed by atoms with Crippen LogP contribution in [0.25, 0.3) is 0 Å². The van der Waals surface area contributed by atoms with E-state index in [1.807, 2.05) is 32.0 Å². The van der Waals surface area contributed by atoms with Gasteiger partial charge in [0.15, 0.2) is 0 Å². The number of nitrogens with zero attached hydrogens (tertiary/aromatic N) is 2. The number of nitrogens with two attached hydrogens (primary N) is 1. The van der Waals surface area contributed by atoms with E-state index in [0.29, 0.717) is 23.4 Å². The van der Waals surface area contributed by atoms with Crippen molar-refractivity contribution < 1.29 is 4.74 Å². The number of para-hydroxylation sites is 1. The van der Waals surface area contributed by atoms with E-state index < -0.39 is 0 Å². The molecule has 1 aromatic carbocycles. The molecule has 0 aliphatic heterocycles. The van der Waals surface area contributed by atoms with Crippen molar-refractivity contribution in [2.24, 2.45) is 0 Å². The standard InChI is InChI=1S/C17H23N3O/c1-5-12(4)13-8-6-7-9-14(13)21-16-10-15(18)19-17(20-16)11(2)3/h6-12H,5H2,1-4H3,(H2,18,19,20). The topological polar surface area (TPSA) is 61.0 Å². The molecule has 0 bridgehead atoms. The zero-order chi connectivity index (χ0) is 15.4. The molecule has 0 saturated carbocycles. The molecule has 4 heteroatoms. The first kappa shape index (κ1) is 15.3. The van der Waals surface area contributed by atoms with E-state index in [-0.39, 0.29) is 5.92 Å². The van der Waals surface area contributed by atoms with E-state index >= 15 is 0 Å². The Morgan fingerprint density at radius 3 is 2.52 bits per heavy atom. The van der Waals surface area contributed by atoms with Crippen LogP contribution >= 0.6 is 0 Å². The number of hydrogen-bond donors (Lipinski definition) is 1. The van der Waals surface area contributed by atoms with Gasteiger partial charge in [0.05, 0.1) is 0 Å². The van der Waals surface area contributed by atoms with Gasteiger partial charge in [-0.05, 0) is 24.0 Å². The molecule has 21 heavy (non-hydrogen) atoms. The van der Waals surface area contributed by atoms with Gasteiger partial charge < -0.3 is 10.5 Å². The van der Waals surface area contributed by atoms with Crippen LogP contribution in [-0.4, -0.2) is 9.97 Å². The van der Waals surface area contributed by atoms with Crippen LogP contribution in [0.1, 0.15) is 57.3 Å². The fourth-order valence-electron chi connectivity index (χ4n) is 2.08. The SMILES string of the molecule is CCC(C)c1ccccc1Oc1cc(N)nc(C(C)C)n1. The van der Waals surface area contributed by atoms with E-state index in [1.54, 1.807) is 6.07 Å². The molecule has 1 unspecified atom stereocenters. The summed E-state index contributed by atoms with van der Waals surface area (Å²) in [5, 5.41) is 0. The van der Waals surface area contributed by atoms with Gasteiger partial charge in [-0.2, -0.15) is 4.98 Å². The van der Waals surface area contributed by atoms with Crippen LogP contribution in [0, 0.1) is 0 Å². The van der Waals surface area contributed by atoms with Crippen LogP contribution in [0.3, 0.4) is 0 Å². The molecule has 1 heterocycles. The predicted molar refractivity (Wildman–Crippen MR) is 85.8 cm³/mol. The van der Waals surface area contributed by atoms with Crippen molar-refractivity contribution in [1.82, 2.24) is 9.97 Å². The highest BCUT2D eigenvalue weighted by molar-refractivity contribution is 5.41. The lowest BCUT2D eigenvalue weighted by Crippen LogP contribution is -2.04. The summed E-state index contributed by atoms with van der Waals surface area (Å²) < 4.78 is 5.97. The lowest BCUT2D eigenvalue weighted by molar-refractivity contribution is 0.447. The minimum absolute atomic E-state index is 0.209. The van der Waals surface area contributed by atoms with Crippen LogP contribution < -0.4 is 10.5 Å². The van der Waals surface area contributed by atoms with Crippen LogP contribution in [-0.2, 0) is 0 Å². The maximum Gasteiger partial charge on any atom is 0.224 e. The summed E-state index contributed by atoms with van der Waals surface area (Å²) >= 11 is 0. The molecule has 2 N–H and O–H groups in total. The monoisotopic (exact) mass is 285 g/mol. The number of ether oxygens (including phenoxy) is 1. The van der Waals surface area contributed by atoms with E-state index in [9.17, 15) is 0 Å². The third kappa shape index (κ3) is 3.72. The van der Waals surface area contributed by atoms with Gasteiger partial charge in [-0.15, -0.1) is 0 Å². The normalized spacial score (nSPS) is 12.4. The molecule has 0 aliphatic carbocycles. The summed E-state index contributed by atoms with van der Waals surface area (Å²) in [5.74, 6) is 3.11. The number of rotatable bonds is 5. The van der Waals surface area contributed by atoms with Gasteiger partial charge in [0.2, 0.25) is 5.88 Å². The predicted octanol–water partition coefficient (Wildman–Crippen LogP) is 4.49. The average Bonchev–Trinajstić information content (AvgIpc) is 2.46. The van der Waals surface area contributed by atoms with Gasteiger partial charge in [0, 0.05) is 12.0 Å². The lowest BCUT2D eigenvalue weighted by atomic mass is 9.98. The first-order valence-electron chi connectivity index (χ1n) is 7.42. The second-order valence-corrected chi connectivity index (χ2v) is 5.59. The quantitative estimate of drug-likeness (QED) is 0.879. The fourth-order valence-corrected chi connectivity index (χ4v) is 2.08. The second kappa shape index (κ2) is 6.57. The second-order valence-electron chi connectivity index (χ2n) is 5.59. The summed E-state index contributed by atoms with van der Waals surface area (Å²) in [6, 6.07) is 9.73. The van der Waals surface area contributed by atoms with Gasteiger partial charge in [-0.1, -0.05) is 45.9 Å². The fraction of sp³-hybridized carbons (Fsp3) is 0.412. The van der Waals surface area contributed by atoms with Gasteiger partial charge in [0.1, 0.15) is 17.4 Å². The third-order valence-corrected chi connectivity index (χ3v) is 3.53. The molecule has 1 aromatic heterocycles. The van der Waals surface area contributed by atoms with Crippen LogP contribution in [0.4, 0.5) is 5.82 Å².